The minimum absolute atomic E-state index is 0.00302. The Labute approximate surface area is 139 Å². The van der Waals surface area contributed by atoms with Crippen molar-refractivity contribution >= 4 is 23.2 Å². The zero-order chi connectivity index (χ0) is 16.8. The van der Waals surface area contributed by atoms with Crippen LogP contribution in [-0.4, -0.2) is 55.6 Å². The van der Waals surface area contributed by atoms with Crippen LogP contribution in [0.3, 0.4) is 0 Å². The Balaban J connectivity index is 1.91. The van der Waals surface area contributed by atoms with Gasteiger partial charge in [-0.05, 0) is 31.0 Å². The zero-order valence-electron chi connectivity index (χ0n) is 13.0. The number of hydrogen-bond acceptors (Lipinski definition) is 5. The third-order valence-corrected chi connectivity index (χ3v) is 4.17. The minimum Gasteiger partial charge on any atom is -0.383 e. The van der Waals surface area contributed by atoms with Crippen molar-refractivity contribution in [1.82, 2.24) is 10.2 Å². The van der Waals surface area contributed by atoms with Crippen molar-refractivity contribution in [2.75, 3.05) is 39.9 Å². The zero-order valence-corrected chi connectivity index (χ0v) is 13.7. The second-order valence-electron chi connectivity index (χ2n) is 5.58. The first kappa shape index (κ1) is 17.7. The fourth-order valence-electron chi connectivity index (χ4n) is 2.68. The van der Waals surface area contributed by atoms with E-state index in [0.717, 1.165) is 26.1 Å². The number of rotatable bonds is 7. The maximum atomic E-state index is 12.2. The van der Waals surface area contributed by atoms with E-state index < -0.39 is 10.8 Å². The van der Waals surface area contributed by atoms with Crippen LogP contribution < -0.4 is 5.32 Å². The van der Waals surface area contributed by atoms with Gasteiger partial charge in [0, 0.05) is 37.8 Å². The minimum atomic E-state index is -0.576. The molecule has 0 spiro atoms. The number of halogens is 1. The number of likely N-dealkylation sites (tertiary alicyclic amines) is 1. The molecule has 1 aromatic carbocycles. The quantitative estimate of drug-likeness (QED) is 0.605. The van der Waals surface area contributed by atoms with Gasteiger partial charge in [-0.3, -0.25) is 14.9 Å². The molecule has 1 amide bonds. The van der Waals surface area contributed by atoms with Crippen molar-refractivity contribution in [3.05, 3.63) is 38.9 Å². The number of carbonyl (C=O) groups excluding carboxylic acids is 1. The number of ether oxygens (including phenoxy) is 1. The van der Waals surface area contributed by atoms with Crippen molar-refractivity contribution in [3.63, 3.8) is 0 Å². The molecule has 1 unspecified atom stereocenters. The van der Waals surface area contributed by atoms with Gasteiger partial charge in [0.15, 0.2) is 0 Å². The lowest BCUT2D eigenvalue weighted by Gasteiger charge is -2.15. The Morgan fingerprint density at radius 2 is 2.35 bits per heavy atom. The standard InChI is InChI=1S/C15H20ClN3O4/c1-23-7-6-18-5-4-11(10-18)9-17-15(20)13-8-12(16)2-3-14(13)19(21)22/h2-3,8,11H,4-7,9-10H2,1H3,(H,17,20). The predicted molar refractivity (Wildman–Crippen MR) is 86.9 cm³/mol. The number of hydrogen-bond donors (Lipinski definition) is 1. The molecule has 23 heavy (non-hydrogen) atoms. The van der Waals surface area contributed by atoms with Crippen LogP contribution in [0.25, 0.3) is 0 Å². The third kappa shape index (κ3) is 4.89. The summed E-state index contributed by atoms with van der Waals surface area (Å²) in [5.41, 5.74) is -0.239. The summed E-state index contributed by atoms with van der Waals surface area (Å²) in [6.45, 7) is 3.92. The number of nitrogens with zero attached hydrogens (tertiary/aromatic N) is 2. The van der Waals surface area contributed by atoms with E-state index in [0.29, 0.717) is 24.1 Å². The van der Waals surface area contributed by atoms with Gasteiger partial charge in [0.2, 0.25) is 0 Å². The average Bonchev–Trinajstić information content (AvgIpc) is 2.98. The summed E-state index contributed by atoms with van der Waals surface area (Å²) < 4.78 is 5.05. The Morgan fingerprint density at radius 1 is 1.57 bits per heavy atom. The van der Waals surface area contributed by atoms with E-state index in [1.165, 1.54) is 18.2 Å². The predicted octanol–water partition coefficient (Wildman–Crippen LogP) is 1.95. The Hall–Kier alpha value is -1.70. The van der Waals surface area contributed by atoms with Gasteiger partial charge < -0.3 is 15.0 Å². The molecule has 1 saturated heterocycles. The van der Waals surface area contributed by atoms with Gasteiger partial charge in [0.1, 0.15) is 5.56 Å². The molecule has 1 atom stereocenters. The molecule has 126 valence electrons. The van der Waals surface area contributed by atoms with Crippen LogP contribution in [0, 0.1) is 16.0 Å². The fraction of sp³-hybridized carbons (Fsp3) is 0.533. The SMILES string of the molecule is COCCN1CCC(CNC(=O)c2cc(Cl)ccc2[N+](=O)[O-])C1. The summed E-state index contributed by atoms with van der Waals surface area (Å²) in [7, 11) is 1.67. The molecule has 0 aromatic heterocycles. The molecule has 0 saturated carbocycles. The molecule has 2 rings (SSSR count). The van der Waals surface area contributed by atoms with Gasteiger partial charge in [0.25, 0.3) is 11.6 Å². The largest absolute Gasteiger partial charge is 0.383 e. The lowest BCUT2D eigenvalue weighted by molar-refractivity contribution is -0.385. The highest BCUT2D eigenvalue weighted by Crippen LogP contribution is 2.23. The van der Waals surface area contributed by atoms with Crippen LogP contribution in [-0.2, 0) is 4.74 Å². The van der Waals surface area contributed by atoms with Gasteiger partial charge in [-0.15, -0.1) is 0 Å². The molecule has 1 fully saturated rings. The number of benzene rings is 1. The molecule has 0 aliphatic carbocycles. The molecule has 0 radical (unpaired) electrons. The van der Waals surface area contributed by atoms with Gasteiger partial charge in [-0.25, -0.2) is 0 Å². The smallest absolute Gasteiger partial charge is 0.282 e. The Kier molecular flexibility index (Phi) is 6.32. The van der Waals surface area contributed by atoms with Crippen molar-refractivity contribution in [3.8, 4) is 0 Å². The van der Waals surface area contributed by atoms with E-state index in [9.17, 15) is 14.9 Å². The molecule has 1 aromatic rings. The molecule has 7 nitrogen and oxygen atoms in total. The third-order valence-electron chi connectivity index (χ3n) is 3.93. The first-order chi connectivity index (χ1) is 11.0. The van der Waals surface area contributed by atoms with Crippen LogP contribution in [0.5, 0.6) is 0 Å². The summed E-state index contributed by atoms with van der Waals surface area (Å²) in [5, 5.41) is 14.1. The Bertz CT molecular complexity index is 582. The average molecular weight is 342 g/mol. The highest BCUT2D eigenvalue weighted by Gasteiger charge is 2.24. The monoisotopic (exact) mass is 341 g/mol. The summed E-state index contributed by atoms with van der Waals surface area (Å²) in [4.78, 5) is 24.9. The van der Waals surface area contributed by atoms with E-state index in [2.05, 4.69) is 10.2 Å². The van der Waals surface area contributed by atoms with E-state index in [-0.39, 0.29) is 11.3 Å². The van der Waals surface area contributed by atoms with Crippen LogP contribution in [0.1, 0.15) is 16.8 Å². The van der Waals surface area contributed by atoms with Gasteiger partial charge in [0.05, 0.1) is 11.5 Å². The molecule has 1 aliphatic heterocycles. The maximum Gasteiger partial charge on any atom is 0.282 e. The second kappa shape index (κ2) is 8.24. The van der Waals surface area contributed by atoms with Crippen LogP contribution in [0.4, 0.5) is 5.69 Å². The lowest BCUT2D eigenvalue weighted by atomic mass is 10.1. The van der Waals surface area contributed by atoms with Gasteiger partial charge in [-0.1, -0.05) is 11.6 Å². The van der Waals surface area contributed by atoms with Crippen LogP contribution in [0.15, 0.2) is 18.2 Å². The van der Waals surface area contributed by atoms with Crippen molar-refractivity contribution in [2.45, 2.75) is 6.42 Å². The van der Waals surface area contributed by atoms with Crippen molar-refractivity contribution in [2.24, 2.45) is 5.92 Å². The molecule has 1 N–H and O–H groups in total. The highest BCUT2D eigenvalue weighted by molar-refractivity contribution is 6.31. The lowest BCUT2D eigenvalue weighted by Crippen LogP contribution is -2.32. The number of amides is 1. The summed E-state index contributed by atoms with van der Waals surface area (Å²) >= 11 is 5.84. The molecule has 0 bridgehead atoms. The highest BCUT2D eigenvalue weighted by atomic mass is 35.5. The summed E-state index contributed by atoms with van der Waals surface area (Å²) in [5.74, 6) is -0.122. The summed E-state index contributed by atoms with van der Waals surface area (Å²) in [6.07, 6.45) is 0.988. The van der Waals surface area contributed by atoms with E-state index in [1.54, 1.807) is 7.11 Å². The van der Waals surface area contributed by atoms with E-state index in [1.807, 2.05) is 0 Å². The number of nitro benzene ring substituents is 1. The number of nitrogens with one attached hydrogen (secondary N) is 1. The van der Waals surface area contributed by atoms with Gasteiger partial charge >= 0.3 is 0 Å². The van der Waals surface area contributed by atoms with Crippen LogP contribution >= 0.6 is 11.6 Å². The summed E-state index contributed by atoms with van der Waals surface area (Å²) in [6, 6.07) is 3.98. The molecule has 1 heterocycles. The molecule has 8 heteroatoms. The number of carbonyl (C=O) groups is 1. The topological polar surface area (TPSA) is 84.7 Å². The molecular formula is C15H20ClN3O4. The second-order valence-corrected chi connectivity index (χ2v) is 6.01. The fourth-order valence-corrected chi connectivity index (χ4v) is 2.86. The Morgan fingerprint density at radius 3 is 3.04 bits per heavy atom. The van der Waals surface area contributed by atoms with E-state index in [4.69, 9.17) is 16.3 Å². The maximum absolute atomic E-state index is 12.2. The van der Waals surface area contributed by atoms with E-state index >= 15 is 0 Å². The number of nitro groups is 1. The van der Waals surface area contributed by atoms with Crippen molar-refractivity contribution < 1.29 is 14.5 Å². The molecule has 1 aliphatic rings. The number of methoxy groups -OCH3 is 1. The van der Waals surface area contributed by atoms with Crippen molar-refractivity contribution in [1.29, 1.82) is 0 Å². The normalized spacial score (nSPS) is 18.1. The first-order valence-corrected chi connectivity index (χ1v) is 7.82. The van der Waals surface area contributed by atoms with Gasteiger partial charge in [-0.2, -0.15) is 0 Å². The van der Waals surface area contributed by atoms with Crippen LogP contribution in [0.2, 0.25) is 5.02 Å². The first-order valence-electron chi connectivity index (χ1n) is 7.44. The molecular weight excluding hydrogens is 322 g/mol.